The van der Waals surface area contributed by atoms with Gasteiger partial charge >= 0.3 is 0 Å². The number of hydrogen-bond acceptors (Lipinski definition) is 4. The Morgan fingerprint density at radius 1 is 1.06 bits per heavy atom. The number of benzene rings is 2. The minimum absolute atomic E-state index is 0.0179. The van der Waals surface area contributed by atoms with Gasteiger partial charge in [-0.25, -0.2) is 0 Å². The van der Waals surface area contributed by atoms with E-state index in [1.165, 1.54) is 11.1 Å². The Morgan fingerprint density at radius 3 is 2.48 bits per heavy atom. The lowest BCUT2D eigenvalue weighted by Crippen LogP contribution is -2.44. The fourth-order valence-electron chi connectivity index (χ4n) is 4.73. The van der Waals surface area contributed by atoms with Crippen LogP contribution in [0.5, 0.6) is 0 Å². The van der Waals surface area contributed by atoms with E-state index in [4.69, 9.17) is 4.74 Å². The third-order valence-electron chi connectivity index (χ3n) is 6.50. The van der Waals surface area contributed by atoms with E-state index in [-0.39, 0.29) is 18.1 Å². The second-order valence-electron chi connectivity index (χ2n) is 9.46. The number of hydrogen-bond donors (Lipinski definition) is 1. The van der Waals surface area contributed by atoms with Crippen molar-refractivity contribution in [2.45, 2.75) is 38.5 Å². The van der Waals surface area contributed by atoms with E-state index in [1.54, 1.807) is 0 Å². The molecular weight excluding hydrogens is 412 g/mol. The number of aromatic amines is 1. The van der Waals surface area contributed by atoms with E-state index in [0.717, 1.165) is 36.0 Å². The molecule has 1 aliphatic rings. The average Bonchev–Trinajstić information content (AvgIpc) is 3.23. The van der Waals surface area contributed by atoms with Gasteiger partial charge in [0.05, 0.1) is 6.10 Å². The fourth-order valence-corrected chi connectivity index (χ4v) is 4.73. The predicted molar refractivity (Wildman–Crippen MR) is 135 cm³/mol. The standard InChI is InChI=1S/C27H36N4O2/c1-6-31(27(32)25-15-21-11-12-22(30(4)5)16-24(21)28-25)23-13-14-33-26(17-23)20-9-7-19(8-10-20)18-29(2)3/h7-12,15-16,23,26,28H,6,13-14,17-18H2,1-5H3/t23-,26+/m0/s1. The zero-order valence-corrected chi connectivity index (χ0v) is 20.5. The second kappa shape index (κ2) is 9.98. The molecule has 1 amide bonds. The molecule has 2 aromatic carbocycles. The van der Waals surface area contributed by atoms with Crippen LogP contribution in [0.2, 0.25) is 0 Å². The monoisotopic (exact) mass is 448 g/mol. The molecule has 0 aliphatic carbocycles. The van der Waals surface area contributed by atoms with Gasteiger partial charge in [-0.3, -0.25) is 4.79 Å². The molecule has 1 saturated heterocycles. The molecular formula is C27H36N4O2. The molecule has 1 aliphatic heterocycles. The summed E-state index contributed by atoms with van der Waals surface area (Å²) in [6.45, 7) is 4.33. The van der Waals surface area contributed by atoms with Crippen LogP contribution < -0.4 is 4.90 Å². The van der Waals surface area contributed by atoms with Gasteiger partial charge in [0.15, 0.2) is 0 Å². The second-order valence-corrected chi connectivity index (χ2v) is 9.46. The number of aromatic nitrogens is 1. The first-order chi connectivity index (χ1) is 15.9. The number of nitrogens with one attached hydrogen (secondary N) is 1. The Bertz CT molecular complexity index is 1090. The Hall–Kier alpha value is -2.83. The quantitative estimate of drug-likeness (QED) is 0.570. The molecule has 1 aromatic heterocycles. The van der Waals surface area contributed by atoms with Crippen molar-refractivity contribution >= 4 is 22.5 Å². The van der Waals surface area contributed by atoms with Gasteiger partial charge in [0, 0.05) is 56.4 Å². The molecule has 0 saturated carbocycles. The van der Waals surface area contributed by atoms with Crippen LogP contribution in [0, 0.1) is 0 Å². The van der Waals surface area contributed by atoms with Gasteiger partial charge in [-0.2, -0.15) is 0 Å². The number of amides is 1. The summed E-state index contributed by atoms with van der Waals surface area (Å²) in [7, 11) is 8.19. The first-order valence-electron chi connectivity index (χ1n) is 11.8. The van der Waals surface area contributed by atoms with Crippen LogP contribution in [-0.4, -0.2) is 68.1 Å². The van der Waals surface area contributed by atoms with Gasteiger partial charge in [-0.1, -0.05) is 30.3 Å². The Kier molecular flexibility index (Phi) is 7.05. The summed E-state index contributed by atoms with van der Waals surface area (Å²) in [6.07, 6.45) is 1.70. The number of anilines is 1. The van der Waals surface area contributed by atoms with Gasteiger partial charge in [-0.15, -0.1) is 0 Å². The molecule has 2 atom stereocenters. The van der Waals surface area contributed by atoms with Crippen LogP contribution in [0.15, 0.2) is 48.5 Å². The fraction of sp³-hybridized carbons (Fsp3) is 0.444. The minimum atomic E-state index is 0.0179. The van der Waals surface area contributed by atoms with Crippen molar-refractivity contribution < 1.29 is 9.53 Å². The van der Waals surface area contributed by atoms with Crippen LogP contribution in [0.25, 0.3) is 10.9 Å². The van der Waals surface area contributed by atoms with Crippen LogP contribution in [-0.2, 0) is 11.3 Å². The number of rotatable bonds is 7. The zero-order chi connectivity index (χ0) is 23.5. The number of fused-ring (bicyclic) bond motifs is 1. The molecule has 6 nitrogen and oxygen atoms in total. The van der Waals surface area contributed by atoms with Crippen molar-refractivity contribution in [2.24, 2.45) is 0 Å². The van der Waals surface area contributed by atoms with E-state index >= 15 is 0 Å². The summed E-state index contributed by atoms with van der Waals surface area (Å²) in [5.41, 5.74) is 5.23. The third kappa shape index (κ3) is 5.23. The molecule has 2 heterocycles. The number of ether oxygens (including phenoxy) is 1. The Balaban J connectivity index is 1.49. The summed E-state index contributed by atoms with van der Waals surface area (Å²) < 4.78 is 6.12. The van der Waals surface area contributed by atoms with Crippen molar-refractivity contribution in [2.75, 3.05) is 46.2 Å². The van der Waals surface area contributed by atoms with E-state index in [1.807, 2.05) is 25.1 Å². The van der Waals surface area contributed by atoms with E-state index in [9.17, 15) is 4.79 Å². The predicted octanol–water partition coefficient (Wildman–Crippen LogP) is 4.68. The molecule has 3 aromatic rings. The first-order valence-corrected chi connectivity index (χ1v) is 11.8. The highest BCUT2D eigenvalue weighted by Gasteiger charge is 2.31. The van der Waals surface area contributed by atoms with E-state index in [0.29, 0.717) is 18.8 Å². The number of carbonyl (C=O) groups is 1. The number of nitrogens with zero attached hydrogens (tertiary/aromatic N) is 3. The van der Waals surface area contributed by atoms with Crippen LogP contribution in [0.4, 0.5) is 5.69 Å². The molecule has 0 unspecified atom stereocenters. The summed E-state index contributed by atoms with van der Waals surface area (Å²) in [4.78, 5) is 23.1. The summed E-state index contributed by atoms with van der Waals surface area (Å²) >= 11 is 0. The average molecular weight is 449 g/mol. The highest BCUT2D eigenvalue weighted by Crippen LogP contribution is 2.32. The van der Waals surface area contributed by atoms with Gasteiger partial charge in [0.25, 0.3) is 5.91 Å². The summed E-state index contributed by atoms with van der Waals surface area (Å²) in [5, 5.41) is 1.06. The van der Waals surface area contributed by atoms with Crippen LogP contribution in [0.1, 0.15) is 47.5 Å². The van der Waals surface area contributed by atoms with E-state index < -0.39 is 0 Å². The maximum Gasteiger partial charge on any atom is 0.270 e. The van der Waals surface area contributed by atoms with Gasteiger partial charge in [-0.05, 0) is 63.2 Å². The lowest BCUT2D eigenvalue weighted by Gasteiger charge is -2.37. The number of carbonyl (C=O) groups excluding carboxylic acids is 1. The molecule has 0 radical (unpaired) electrons. The van der Waals surface area contributed by atoms with Gasteiger partial charge in [0.2, 0.25) is 0 Å². The van der Waals surface area contributed by atoms with E-state index in [2.05, 4.69) is 78.3 Å². The molecule has 1 N–H and O–H groups in total. The molecule has 0 bridgehead atoms. The molecule has 176 valence electrons. The molecule has 4 rings (SSSR count). The summed E-state index contributed by atoms with van der Waals surface area (Å²) in [5.74, 6) is 0.0621. The summed E-state index contributed by atoms with van der Waals surface area (Å²) in [6, 6.07) is 17.1. The highest BCUT2D eigenvalue weighted by molar-refractivity contribution is 5.98. The van der Waals surface area contributed by atoms with Crippen molar-refractivity contribution in [1.82, 2.24) is 14.8 Å². The topological polar surface area (TPSA) is 51.8 Å². The molecule has 0 spiro atoms. The van der Waals surface area contributed by atoms with Crippen molar-refractivity contribution in [3.05, 3.63) is 65.4 Å². The molecule has 1 fully saturated rings. The highest BCUT2D eigenvalue weighted by atomic mass is 16.5. The zero-order valence-electron chi connectivity index (χ0n) is 20.5. The first kappa shape index (κ1) is 23.3. The SMILES string of the molecule is CCN(C(=O)c1cc2ccc(N(C)C)cc2[nH]1)[C@H]1CCO[C@@H](c2ccc(CN(C)C)cc2)C1. The smallest absolute Gasteiger partial charge is 0.270 e. The van der Waals surface area contributed by atoms with Crippen molar-refractivity contribution in [1.29, 1.82) is 0 Å². The van der Waals surface area contributed by atoms with Crippen LogP contribution in [0.3, 0.4) is 0 Å². The van der Waals surface area contributed by atoms with Crippen LogP contribution >= 0.6 is 0 Å². The minimum Gasteiger partial charge on any atom is -0.378 e. The third-order valence-corrected chi connectivity index (χ3v) is 6.50. The molecule has 6 heteroatoms. The molecule has 33 heavy (non-hydrogen) atoms. The maximum atomic E-state index is 13.5. The largest absolute Gasteiger partial charge is 0.378 e. The normalized spacial score (nSPS) is 18.6. The van der Waals surface area contributed by atoms with Gasteiger partial charge in [0.1, 0.15) is 5.69 Å². The Labute approximate surface area is 197 Å². The van der Waals surface area contributed by atoms with Gasteiger partial charge < -0.3 is 24.4 Å². The van der Waals surface area contributed by atoms with Crippen molar-refractivity contribution in [3.8, 4) is 0 Å². The number of H-pyrrole nitrogens is 1. The maximum absolute atomic E-state index is 13.5. The Morgan fingerprint density at radius 2 is 1.82 bits per heavy atom. The lowest BCUT2D eigenvalue weighted by atomic mass is 9.95. The lowest BCUT2D eigenvalue weighted by molar-refractivity contribution is -0.0232. The van der Waals surface area contributed by atoms with Crippen molar-refractivity contribution in [3.63, 3.8) is 0 Å².